The number of ether oxygens (including phenoxy) is 1. The summed E-state index contributed by atoms with van der Waals surface area (Å²) in [5.74, 6) is 0.615. The lowest BCUT2D eigenvalue weighted by Gasteiger charge is -2.10. The molecule has 0 aliphatic heterocycles. The lowest BCUT2D eigenvalue weighted by molar-refractivity contribution is -0.113. The molecule has 180 valence electrons. The lowest BCUT2D eigenvalue weighted by atomic mass is 10.3. The lowest BCUT2D eigenvalue weighted by Crippen LogP contribution is -2.21. The summed E-state index contributed by atoms with van der Waals surface area (Å²) in [7, 11) is 3.33. The number of rotatable bonds is 10. The van der Waals surface area contributed by atoms with Crippen molar-refractivity contribution in [2.24, 2.45) is 0 Å². The van der Waals surface area contributed by atoms with Gasteiger partial charge in [-0.25, -0.2) is 4.98 Å². The third-order valence-corrected chi connectivity index (χ3v) is 6.91. The van der Waals surface area contributed by atoms with Gasteiger partial charge in [-0.3, -0.25) is 14.2 Å². The molecule has 2 aromatic heterocycles. The second-order valence-electron chi connectivity index (χ2n) is 7.13. The average Bonchev–Trinajstić information content (AvgIpc) is 3.35. The van der Waals surface area contributed by atoms with Crippen LogP contribution in [0.5, 0.6) is 5.75 Å². The number of nitrogens with zero attached hydrogens (tertiary/aromatic N) is 5. The second kappa shape index (κ2) is 11.7. The van der Waals surface area contributed by atoms with Gasteiger partial charge in [0, 0.05) is 31.7 Å². The Kier molecular flexibility index (Phi) is 8.95. The molecule has 0 saturated heterocycles. The van der Waals surface area contributed by atoms with E-state index < -0.39 is 0 Å². The van der Waals surface area contributed by atoms with Gasteiger partial charge in [0.25, 0.3) is 5.91 Å². The van der Waals surface area contributed by atoms with Crippen molar-refractivity contribution < 1.29 is 14.3 Å². The summed E-state index contributed by atoms with van der Waals surface area (Å²) >= 11 is 14.5. The van der Waals surface area contributed by atoms with Gasteiger partial charge in [-0.15, -0.1) is 16.8 Å². The molecule has 0 aliphatic carbocycles. The van der Waals surface area contributed by atoms with Gasteiger partial charge in [0.05, 0.1) is 16.5 Å². The number of amides is 2. The number of aromatic nitrogens is 4. The topological polar surface area (TPSA) is 102 Å². The van der Waals surface area contributed by atoms with Crippen LogP contribution in [0.1, 0.15) is 21.2 Å². The molecule has 0 saturated carbocycles. The SMILES string of the molecule is C=CCn1c(COc2cc(Cl)ccc2Cl)nnc1SCC(=O)Nc1nc(C)c(C(=O)N(C)C)s1. The maximum Gasteiger partial charge on any atom is 0.265 e. The van der Waals surface area contributed by atoms with Gasteiger partial charge < -0.3 is 15.0 Å². The molecular weight excluding hydrogens is 519 g/mol. The van der Waals surface area contributed by atoms with Crippen LogP contribution in [-0.4, -0.2) is 56.3 Å². The van der Waals surface area contributed by atoms with Gasteiger partial charge in [0.15, 0.2) is 16.1 Å². The first-order valence-electron chi connectivity index (χ1n) is 9.92. The van der Waals surface area contributed by atoms with Crippen molar-refractivity contribution in [3.8, 4) is 5.75 Å². The van der Waals surface area contributed by atoms with E-state index in [9.17, 15) is 9.59 Å². The van der Waals surface area contributed by atoms with Crippen LogP contribution in [0.2, 0.25) is 10.0 Å². The molecular formula is C21H22Cl2N6O3S2. The quantitative estimate of drug-likeness (QED) is 0.297. The van der Waals surface area contributed by atoms with E-state index in [0.717, 1.165) is 11.3 Å². The van der Waals surface area contributed by atoms with Gasteiger partial charge in [-0.2, -0.15) is 0 Å². The number of hydrogen-bond acceptors (Lipinski definition) is 8. The Morgan fingerprint density at radius 2 is 2.09 bits per heavy atom. The van der Waals surface area contributed by atoms with Crippen LogP contribution in [0.3, 0.4) is 0 Å². The minimum absolute atomic E-state index is 0.0752. The molecule has 34 heavy (non-hydrogen) atoms. The van der Waals surface area contributed by atoms with Gasteiger partial charge in [0.2, 0.25) is 5.91 Å². The number of thiazole rings is 1. The minimum atomic E-state index is -0.278. The maximum atomic E-state index is 12.5. The highest BCUT2D eigenvalue weighted by Crippen LogP contribution is 2.29. The zero-order valence-electron chi connectivity index (χ0n) is 18.7. The zero-order valence-corrected chi connectivity index (χ0v) is 21.8. The molecule has 3 rings (SSSR count). The Hall–Kier alpha value is -2.60. The zero-order chi connectivity index (χ0) is 24.8. The van der Waals surface area contributed by atoms with Crippen LogP contribution in [0, 0.1) is 6.92 Å². The van der Waals surface area contributed by atoms with Gasteiger partial charge in [-0.05, 0) is 19.1 Å². The number of hydrogen-bond donors (Lipinski definition) is 1. The number of halogens is 2. The average molecular weight is 541 g/mol. The number of nitrogens with one attached hydrogen (secondary N) is 1. The fraction of sp³-hybridized carbons (Fsp3) is 0.286. The summed E-state index contributed by atoms with van der Waals surface area (Å²) in [6, 6.07) is 4.94. The van der Waals surface area contributed by atoms with Crippen molar-refractivity contribution in [3.63, 3.8) is 0 Å². The van der Waals surface area contributed by atoms with Gasteiger partial charge >= 0.3 is 0 Å². The first-order chi connectivity index (χ1) is 16.2. The van der Waals surface area contributed by atoms with E-state index in [1.165, 1.54) is 16.7 Å². The molecule has 0 spiro atoms. The summed E-state index contributed by atoms with van der Waals surface area (Å²) < 4.78 is 7.55. The molecule has 3 aromatic rings. The molecule has 0 aliphatic rings. The first-order valence-corrected chi connectivity index (χ1v) is 12.5. The molecule has 2 amide bonds. The number of anilines is 1. The minimum Gasteiger partial charge on any atom is -0.484 e. The number of benzene rings is 1. The number of carbonyl (C=O) groups excluding carboxylic acids is 2. The highest BCUT2D eigenvalue weighted by atomic mass is 35.5. The predicted octanol–water partition coefficient (Wildman–Crippen LogP) is 4.55. The van der Waals surface area contributed by atoms with Gasteiger partial charge in [-0.1, -0.05) is 52.4 Å². The number of carbonyl (C=O) groups is 2. The number of thioether (sulfide) groups is 1. The van der Waals surface area contributed by atoms with Crippen molar-refractivity contribution in [2.75, 3.05) is 25.2 Å². The highest BCUT2D eigenvalue weighted by molar-refractivity contribution is 7.99. The Bertz CT molecular complexity index is 1210. The smallest absolute Gasteiger partial charge is 0.265 e. The molecule has 1 N–H and O–H groups in total. The van der Waals surface area contributed by atoms with Crippen LogP contribution in [0.25, 0.3) is 0 Å². The maximum absolute atomic E-state index is 12.5. The summed E-state index contributed by atoms with van der Waals surface area (Å²) in [6.07, 6.45) is 1.70. The summed E-state index contributed by atoms with van der Waals surface area (Å²) in [5.41, 5.74) is 0.571. The largest absolute Gasteiger partial charge is 0.484 e. The second-order valence-corrected chi connectivity index (χ2v) is 9.92. The van der Waals surface area contributed by atoms with Crippen LogP contribution in [-0.2, 0) is 17.9 Å². The van der Waals surface area contributed by atoms with E-state index in [-0.39, 0.29) is 24.2 Å². The van der Waals surface area contributed by atoms with Crippen molar-refractivity contribution in [2.45, 2.75) is 25.2 Å². The summed E-state index contributed by atoms with van der Waals surface area (Å²) in [5, 5.41) is 12.9. The molecule has 1 aromatic carbocycles. The standard InChI is InChI=1S/C21H22Cl2N6O3S2/c1-5-8-29-16(10-32-15-9-13(22)6-7-14(15)23)26-27-21(29)33-11-17(30)25-20-24-12(2)18(34-20)19(31)28(3)4/h5-7,9H,1,8,10-11H2,2-4H3,(H,24,25,30). The fourth-order valence-electron chi connectivity index (χ4n) is 2.71. The van der Waals surface area contributed by atoms with Crippen LogP contribution >= 0.6 is 46.3 Å². The van der Waals surface area contributed by atoms with Gasteiger partial charge in [0.1, 0.15) is 17.2 Å². The monoisotopic (exact) mass is 540 g/mol. The van der Waals surface area contributed by atoms with E-state index in [0.29, 0.717) is 49.0 Å². The van der Waals surface area contributed by atoms with E-state index in [1.54, 1.807) is 49.9 Å². The van der Waals surface area contributed by atoms with E-state index in [4.69, 9.17) is 27.9 Å². The molecule has 0 radical (unpaired) electrons. The van der Waals surface area contributed by atoms with Crippen LogP contribution < -0.4 is 10.1 Å². The van der Waals surface area contributed by atoms with Crippen LogP contribution in [0.15, 0.2) is 36.0 Å². The van der Waals surface area contributed by atoms with Crippen molar-refractivity contribution in [1.82, 2.24) is 24.6 Å². The van der Waals surface area contributed by atoms with E-state index in [1.807, 2.05) is 0 Å². The Balaban J connectivity index is 1.63. The molecule has 0 fully saturated rings. The first kappa shape index (κ1) is 26.0. The molecule has 0 unspecified atom stereocenters. The third kappa shape index (κ3) is 6.50. The number of allylic oxidation sites excluding steroid dienone is 1. The highest BCUT2D eigenvalue weighted by Gasteiger charge is 2.19. The fourth-order valence-corrected chi connectivity index (χ4v) is 4.82. The van der Waals surface area contributed by atoms with Crippen LogP contribution in [0.4, 0.5) is 5.13 Å². The Labute approximate surface area is 215 Å². The molecule has 13 heteroatoms. The Morgan fingerprint density at radius 3 is 2.79 bits per heavy atom. The molecule has 0 atom stereocenters. The van der Waals surface area contributed by atoms with Crippen molar-refractivity contribution in [3.05, 3.63) is 57.3 Å². The third-order valence-electron chi connectivity index (χ3n) is 4.33. The molecule has 2 heterocycles. The predicted molar refractivity (Wildman–Crippen MR) is 135 cm³/mol. The molecule has 9 nitrogen and oxygen atoms in total. The normalized spacial score (nSPS) is 10.7. The van der Waals surface area contributed by atoms with Crippen molar-refractivity contribution >= 4 is 63.2 Å². The molecule has 0 bridgehead atoms. The summed E-state index contributed by atoms with van der Waals surface area (Å²) in [4.78, 5) is 30.9. The van der Waals surface area contributed by atoms with Crippen molar-refractivity contribution in [1.29, 1.82) is 0 Å². The number of aryl methyl sites for hydroxylation is 1. The Morgan fingerprint density at radius 1 is 1.32 bits per heavy atom. The van der Waals surface area contributed by atoms with E-state index >= 15 is 0 Å². The van der Waals surface area contributed by atoms with E-state index in [2.05, 4.69) is 27.1 Å². The summed E-state index contributed by atoms with van der Waals surface area (Å²) in [6.45, 7) is 6.04.